The lowest BCUT2D eigenvalue weighted by Gasteiger charge is -2.42. The molecular weight excluding hydrogens is 409 g/mol. The summed E-state index contributed by atoms with van der Waals surface area (Å²) in [5, 5.41) is 2.53. The summed E-state index contributed by atoms with van der Waals surface area (Å²) >= 11 is 0. The van der Waals surface area contributed by atoms with Crippen molar-refractivity contribution in [2.75, 3.05) is 32.8 Å². The minimum Gasteiger partial charge on any atom is -0.444 e. The van der Waals surface area contributed by atoms with Crippen LogP contribution >= 0.6 is 0 Å². The Balaban J connectivity index is 0.00000233. The predicted octanol–water partition coefficient (Wildman–Crippen LogP) is 5.40. The van der Waals surface area contributed by atoms with Gasteiger partial charge in [0.1, 0.15) is 5.60 Å². The molecule has 178 valence electrons. The normalized spacial score (nSPS) is 16.3. The third kappa shape index (κ3) is 10.9. The quantitative estimate of drug-likeness (QED) is 0.609. The molecule has 0 spiro atoms. The van der Waals surface area contributed by atoms with Gasteiger partial charge >= 0.3 is 12.3 Å². The molecule has 1 amide bonds. The van der Waals surface area contributed by atoms with E-state index in [9.17, 15) is 18.0 Å². The number of ether oxygens (including phenoxy) is 2. The second-order valence-electron chi connectivity index (χ2n) is 8.66. The highest BCUT2D eigenvalue weighted by Gasteiger charge is 2.38. The Kier molecular flexibility index (Phi) is 10.8. The minimum atomic E-state index is -4.26. The number of benzene rings is 1. The second-order valence-corrected chi connectivity index (χ2v) is 8.66. The molecule has 1 saturated heterocycles. The van der Waals surface area contributed by atoms with Gasteiger partial charge in [0.15, 0.2) is 0 Å². The Morgan fingerprint density at radius 1 is 1.10 bits per heavy atom. The molecule has 5 nitrogen and oxygen atoms in total. The third-order valence-corrected chi connectivity index (χ3v) is 4.82. The molecular formula is C23H37F3N2O3. The maximum Gasteiger partial charge on any atom is 0.410 e. The van der Waals surface area contributed by atoms with Gasteiger partial charge in [-0.25, -0.2) is 4.79 Å². The lowest BCUT2D eigenvalue weighted by atomic mass is 9.79. The van der Waals surface area contributed by atoms with E-state index in [0.29, 0.717) is 39.1 Å². The van der Waals surface area contributed by atoms with Gasteiger partial charge in [-0.15, -0.1) is 0 Å². The number of rotatable bonds is 7. The summed E-state index contributed by atoms with van der Waals surface area (Å²) in [6.45, 7) is 10.1. The molecule has 1 aliphatic heterocycles. The number of nitrogens with one attached hydrogen (secondary N) is 1. The van der Waals surface area contributed by atoms with Crippen LogP contribution in [0.5, 0.6) is 0 Å². The molecule has 0 bridgehead atoms. The summed E-state index contributed by atoms with van der Waals surface area (Å²) in [6.07, 6.45) is -3.55. The first-order valence-electron chi connectivity index (χ1n) is 10.9. The molecule has 0 atom stereocenters. The van der Waals surface area contributed by atoms with Crippen molar-refractivity contribution >= 4 is 6.09 Å². The van der Waals surface area contributed by atoms with Gasteiger partial charge in [0.05, 0.1) is 19.8 Å². The molecule has 2 rings (SSSR count). The largest absolute Gasteiger partial charge is 0.444 e. The van der Waals surface area contributed by atoms with Gasteiger partial charge in [0, 0.05) is 25.0 Å². The zero-order valence-corrected chi connectivity index (χ0v) is 19.3. The highest BCUT2D eigenvalue weighted by atomic mass is 19.4. The van der Waals surface area contributed by atoms with Crippen molar-refractivity contribution in [3.63, 3.8) is 0 Å². The molecule has 0 unspecified atom stereocenters. The van der Waals surface area contributed by atoms with E-state index in [1.165, 1.54) is 0 Å². The molecule has 0 radical (unpaired) electrons. The van der Waals surface area contributed by atoms with E-state index >= 15 is 0 Å². The first-order chi connectivity index (χ1) is 14.5. The molecule has 8 heteroatoms. The molecule has 0 aliphatic carbocycles. The monoisotopic (exact) mass is 446 g/mol. The number of carbonyl (C=O) groups is 1. The van der Waals surface area contributed by atoms with Crippen LogP contribution in [0.2, 0.25) is 0 Å². The van der Waals surface area contributed by atoms with E-state index in [-0.39, 0.29) is 12.6 Å². The fourth-order valence-electron chi connectivity index (χ4n) is 3.29. The zero-order chi connectivity index (χ0) is 23.5. The molecule has 1 heterocycles. The van der Waals surface area contributed by atoms with Crippen LogP contribution in [0.4, 0.5) is 18.0 Å². The highest BCUT2D eigenvalue weighted by Crippen LogP contribution is 2.32. The zero-order valence-electron chi connectivity index (χ0n) is 19.3. The van der Waals surface area contributed by atoms with Crippen molar-refractivity contribution in [3.05, 3.63) is 35.9 Å². The molecule has 31 heavy (non-hydrogen) atoms. The highest BCUT2D eigenvalue weighted by molar-refractivity contribution is 5.68. The Morgan fingerprint density at radius 3 is 2.19 bits per heavy atom. The van der Waals surface area contributed by atoms with Crippen molar-refractivity contribution in [2.24, 2.45) is 5.41 Å². The maximum atomic E-state index is 12.6. The van der Waals surface area contributed by atoms with Crippen LogP contribution in [-0.4, -0.2) is 55.6 Å². The molecule has 0 saturated carbocycles. The average molecular weight is 447 g/mol. The lowest BCUT2D eigenvalue weighted by Crippen LogP contribution is -2.50. The number of hydrogen-bond acceptors (Lipinski definition) is 4. The van der Waals surface area contributed by atoms with E-state index in [1.54, 1.807) is 25.7 Å². The Morgan fingerprint density at radius 2 is 1.68 bits per heavy atom. The molecule has 1 N–H and O–H groups in total. The molecule has 1 fully saturated rings. The van der Waals surface area contributed by atoms with E-state index in [2.05, 4.69) is 5.32 Å². The van der Waals surface area contributed by atoms with Gasteiger partial charge in [-0.3, -0.25) is 0 Å². The summed E-state index contributed by atoms with van der Waals surface area (Å²) in [4.78, 5) is 13.9. The number of alkyl halides is 3. The van der Waals surface area contributed by atoms with E-state index in [0.717, 1.165) is 5.56 Å². The predicted molar refractivity (Wildman–Crippen MR) is 116 cm³/mol. The maximum absolute atomic E-state index is 12.6. The van der Waals surface area contributed by atoms with Crippen molar-refractivity contribution < 1.29 is 27.4 Å². The van der Waals surface area contributed by atoms with Crippen molar-refractivity contribution in [1.29, 1.82) is 0 Å². The number of piperidine rings is 1. The number of amides is 1. The van der Waals surface area contributed by atoms with Crippen molar-refractivity contribution in [1.82, 2.24) is 10.2 Å². The van der Waals surface area contributed by atoms with Gasteiger partial charge < -0.3 is 19.7 Å². The van der Waals surface area contributed by atoms with Crippen LogP contribution < -0.4 is 5.32 Å². The van der Waals surface area contributed by atoms with Gasteiger partial charge in [0.25, 0.3) is 0 Å². The standard InChI is InChI=1S/C21H31F3N2O3.C2H6/c1-19(2,3)29-18(27)26-11-9-20(10-12-26,14-25-15-21(22,23)24)16-28-13-17-7-5-4-6-8-17;1-2/h4-8,25H,9-16H2,1-3H3;1-2H3. The third-order valence-electron chi connectivity index (χ3n) is 4.82. The minimum absolute atomic E-state index is 0.184. The molecule has 1 aromatic carbocycles. The Labute approximate surface area is 184 Å². The number of halogens is 3. The van der Waals surface area contributed by atoms with Gasteiger partial charge in [-0.1, -0.05) is 44.2 Å². The fourth-order valence-corrected chi connectivity index (χ4v) is 3.29. The molecule has 0 aromatic heterocycles. The summed E-state index contributed by atoms with van der Waals surface area (Å²) in [5.41, 5.74) is -0.0332. The first-order valence-corrected chi connectivity index (χ1v) is 10.9. The van der Waals surface area contributed by atoms with Crippen LogP contribution in [0, 0.1) is 5.41 Å². The Bertz CT molecular complexity index is 638. The summed E-state index contributed by atoms with van der Waals surface area (Å²) in [7, 11) is 0. The fraction of sp³-hybridized carbons (Fsp3) is 0.696. The van der Waals surface area contributed by atoms with E-state index in [1.807, 2.05) is 44.2 Å². The number of nitrogens with zero attached hydrogens (tertiary/aromatic N) is 1. The summed E-state index contributed by atoms with van der Waals surface area (Å²) in [6, 6.07) is 9.63. The molecule has 1 aromatic rings. The van der Waals surface area contributed by atoms with E-state index < -0.39 is 23.7 Å². The van der Waals surface area contributed by atoms with Gasteiger partial charge in [0.2, 0.25) is 0 Å². The van der Waals surface area contributed by atoms with Gasteiger partial charge in [-0.05, 0) is 39.2 Å². The second kappa shape index (κ2) is 12.3. The van der Waals surface area contributed by atoms with E-state index in [4.69, 9.17) is 9.47 Å². The summed E-state index contributed by atoms with van der Waals surface area (Å²) < 4.78 is 49.0. The van der Waals surface area contributed by atoms with Crippen molar-refractivity contribution in [2.45, 2.75) is 65.8 Å². The number of hydrogen-bond donors (Lipinski definition) is 1. The van der Waals surface area contributed by atoms with Crippen LogP contribution in [0.15, 0.2) is 30.3 Å². The summed E-state index contributed by atoms with van der Waals surface area (Å²) in [5.74, 6) is 0. The van der Waals surface area contributed by atoms with Crippen LogP contribution in [0.25, 0.3) is 0 Å². The average Bonchev–Trinajstić information content (AvgIpc) is 2.69. The van der Waals surface area contributed by atoms with Crippen LogP contribution in [0.3, 0.4) is 0 Å². The van der Waals surface area contributed by atoms with Gasteiger partial charge in [-0.2, -0.15) is 13.2 Å². The molecule has 1 aliphatic rings. The number of carbonyl (C=O) groups excluding carboxylic acids is 1. The smallest absolute Gasteiger partial charge is 0.410 e. The van der Waals surface area contributed by atoms with Crippen molar-refractivity contribution in [3.8, 4) is 0 Å². The first kappa shape index (κ1) is 27.2. The SMILES string of the molecule is CC.CC(C)(C)OC(=O)N1CCC(CNCC(F)(F)F)(COCc2ccccc2)CC1. The lowest BCUT2D eigenvalue weighted by molar-refractivity contribution is -0.127. The van der Waals surface area contributed by atoms with Crippen LogP contribution in [0.1, 0.15) is 53.0 Å². The number of likely N-dealkylation sites (tertiary alicyclic amines) is 1. The topological polar surface area (TPSA) is 50.8 Å². The Hall–Kier alpha value is -1.80. The van der Waals surface area contributed by atoms with Crippen LogP contribution in [-0.2, 0) is 16.1 Å².